The summed E-state index contributed by atoms with van der Waals surface area (Å²) in [5.41, 5.74) is 0. The maximum atomic E-state index is 10.3. The summed E-state index contributed by atoms with van der Waals surface area (Å²) in [6, 6.07) is 0. The Morgan fingerprint density at radius 1 is 0.395 bits per heavy atom. The van der Waals surface area contributed by atoms with Crippen LogP contribution in [-0.4, -0.2) is 11.2 Å². The highest BCUT2D eigenvalue weighted by Crippen LogP contribution is 2.15. The predicted molar refractivity (Wildman–Crippen MR) is 174 cm³/mol. The molecule has 0 aromatic carbocycles. The standard InChI is InChI=1S/C37H66O/c1-3-5-7-9-11-13-15-17-19-21-23-25-27-29-31-33-35-37(38)36-34-32-30-28-26-24-22-20-18-16-14-12-10-8-6-4-2/h5,7,11-14,17-20,37-38H,3-4,6,8-10,15-16,21-36H2,1-2H3. The number of unbranched alkanes of at least 4 members (excludes halogenated alkanes) is 15. The molecular weight excluding hydrogens is 460 g/mol. The first-order valence-electron chi connectivity index (χ1n) is 16.7. The van der Waals surface area contributed by atoms with Crippen molar-refractivity contribution < 1.29 is 5.11 Å². The summed E-state index contributed by atoms with van der Waals surface area (Å²) in [4.78, 5) is 0. The van der Waals surface area contributed by atoms with Crippen LogP contribution in [0.1, 0.15) is 168 Å². The lowest BCUT2D eigenvalue weighted by atomic mass is 10.0. The van der Waals surface area contributed by atoms with Gasteiger partial charge in [-0.25, -0.2) is 0 Å². The zero-order valence-electron chi connectivity index (χ0n) is 25.8. The Morgan fingerprint density at radius 3 is 1.16 bits per heavy atom. The van der Waals surface area contributed by atoms with Crippen LogP contribution in [-0.2, 0) is 0 Å². The van der Waals surface area contributed by atoms with Gasteiger partial charge in [0.25, 0.3) is 0 Å². The molecule has 0 radical (unpaired) electrons. The molecule has 0 aromatic rings. The molecule has 0 fully saturated rings. The van der Waals surface area contributed by atoms with Crippen LogP contribution in [0, 0.1) is 0 Å². The van der Waals surface area contributed by atoms with E-state index in [0.717, 1.165) is 38.5 Å². The second kappa shape index (κ2) is 33.7. The molecule has 0 aliphatic carbocycles. The van der Waals surface area contributed by atoms with Gasteiger partial charge in [0.2, 0.25) is 0 Å². The fraction of sp³-hybridized carbons (Fsp3) is 0.730. The lowest BCUT2D eigenvalue weighted by Gasteiger charge is -2.10. The first kappa shape index (κ1) is 36.7. The summed E-state index contributed by atoms with van der Waals surface area (Å²) in [5.74, 6) is 0. The van der Waals surface area contributed by atoms with Crippen molar-refractivity contribution in [3.8, 4) is 0 Å². The van der Waals surface area contributed by atoms with Crippen LogP contribution >= 0.6 is 0 Å². The molecule has 0 rings (SSSR count). The molecule has 0 heterocycles. The van der Waals surface area contributed by atoms with Crippen molar-refractivity contribution in [2.75, 3.05) is 0 Å². The molecule has 0 aliphatic rings. The maximum Gasteiger partial charge on any atom is 0.0540 e. The first-order valence-corrected chi connectivity index (χ1v) is 16.7. The predicted octanol–water partition coefficient (Wildman–Crippen LogP) is 12.5. The molecule has 0 spiro atoms. The molecule has 38 heavy (non-hydrogen) atoms. The summed E-state index contributed by atoms with van der Waals surface area (Å²) in [7, 11) is 0. The van der Waals surface area contributed by atoms with Crippen molar-refractivity contribution in [1.29, 1.82) is 0 Å². The molecule has 1 unspecified atom stereocenters. The Labute approximate surface area is 239 Å². The van der Waals surface area contributed by atoms with E-state index in [0.29, 0.717) is 0 Å². The van der Waals surface area contributed by atoms with Gasteiger partial charge < -0.3 is 5.11 Å². The lowest BCUT2D eigenvalue weighted by molar-refractivity contribution is 0.147. The van der Waals surface area contributed by atoms with Gasteiger partial charge in [-0.2, -0.15) is 0 Å². The topological polar surface area (TPSA) is 20.2 Å². The number of rotatable bonds is 29. The average Bonchev–Trinajstić information content (AvgIpc) is 2.92. The minimum absolute atomic E-state index is 0.0670. The van der Waals surface area contributed by atoms with E-state index in [9.17, 15) is 5.11 Å². The van der Waals surface area contributed by atoms with Gasteiger partial charge in [-0.1, -0.05) is 152 Å². The lowest BCUT2D eigenvalue weighted by Crippen LogP contribution is -2.05. The second-order valence-electron chi connectivity index (χ2n) is 11.0. The molecule has 1 heteroatoms. The summed E-state index contributed by atoms with van der Waals surface area (Å²) < 4.78 is 0. The molecule has 220 valence electrons. The minimum atomic E-state index is -0.0670. The van der Waals surface area contributed by atoms with Crippen molar-refractivity contribution in [3.63, 3.8) is 0 Å². The average molecular weight is 527 g/mol. The number of allylic oxidation sites excluding steroid dienone is 10. The summed E-state index contributed by atoms with van der Waals surface area (Å²) in [6.07, 6.45) is 52.6. The van der Waals surface area contributed by atoms with E-state index in [1.807, 2.05) is 0 Å². The Kier molecular flexibility index (Phi) is 32.5. The van der Waals surface area contributed by atoms with E-state index in [4.69, 9.17) is 0 Å². The fourth-order valence-electron chi connectivity index (χ4n) is 4.69. The quantitative estimate of drug-likeness (QED) is 0.0758. The smallest absolute Gasteiger partial charge is 0.0540 e. The molecule has 0 aliphatic heterocycles. The molecule has 0 saturated heterocycles. The third kappa shape index (κ3) is 32.7. The molecule has 1 nitrogen and oxygen atoms in total. The SMILES string of the molecule is CCC=CCC=CCC=CCCCCCCCCC(O)CCCCCCCCC=CCC=CCCCCC. The van der Waals surface area contributed by atoms with Crippen LogP contribution in [0.5, 0.6) is 0 Å². The molecule has 0 amide bonds. The normalized spacial score (nSPS) is 13.4. The van der Waals surface area contributed by atoms with Crippen LogP contribution in [0.4, 0.5) is 0 Å². The highest BCUT2D eigenvalue weighted by Gasteiger charge is 2.03. The molecule has 0 saturated carbocycles. The number of hydrogen-bond acceptors (Lipinski definition) is 1. The second-order valence-corrected chi connectivity index (χ2v) is 11.0. The fourth-order valence-corrected chi connectivity index (χ4v) is 4.69. The van der Waals surface area contributed by atoms with Crippen LogP contribution in [0.2, 0.25) is 0 Å². The van der Waals surface area contributed by atoms with Crippen molar-refractivity contribution in [2.45, 2.75) is 174 Å². The van der Waals surface area contributed by atoms with Crippen molar-refractivity contribution >= 4 is 0 Å². The number of aliphatic hydroxyl groups is 1. The van der Waals surface area contributed by atoms with Gasteiger partial charge in [0, 0.05) is 0 Å². The van der Waals surface area contributed by atoms with Crippen LogP contribution in [0.15, 0.2) is 60.8 Å². The Balaban J connectivity index is 3.30. The van der Waals surface area contributed by atoms with Gasteiger partial charge in [-0.3, -0.25) is 0 Å². The molecule has 1 atom stereocenters. The zero-order valence-corrected chi connectivity index (χ0v) is 25.8. The first-order chi connectivity index (χ1) is 18.8. The third-order valence-electron chi connectivity index (χ3n) is 7.18. The van der Waals surface area contributed by atoms with Gasteiger partial charge in [0.05, 0.1) is 6.10 Å². The van der Waals surface area contributed by atoms with Gasteiger partial charge >= 0.3 is 0 Å². The van der Waals surface area contributed by atoms with E-state index in [2.05, 4.69) is 74.6 Å². The maximum absolute atomic E-state index is 10.3. The summed E-state index contributed by atoms with van der Waals surface area (Å²) in [6.45, 7) is 4.44. The number of aliphatic hydroxyl groups excluding tert-OH is 1. The van der Waals surface area contributed by atoms with Crippen LogP contribution in [0.25, 0.3) is 0 Å². The van der Waals surface area contributed by atoms with E-state index in [1.165, 1.54) is 116 Å². The summed E-state index contributed by atoms with van der Waals surface area (Å²) >= 11 is 0. The van der Waals surface area contributed by atoms with Crippen molar-refractivity contribution in [2.24, 2.45) is 0 Å². The zero-order chi connectivity index (χ0) is 27.6. The third-order valence-corrected chi connectivity index (χ3v) is 7.18. The molecule has 0 bridgehead atoms. The molecule has 0 aromatic heterocycles. The van der Waals surface area contributed by atoms with Gasteiger partial charge in [0.15, 0.2) is 0 Å². The van der Waals surface area contributed by atoms with Crippen LogP contribution < -0.4 is 0 Å². The Hall–Kier alpha value is -1.34. The highest BCUT2D eigenvalue weighted by atomic mass is 16.3. The van der Waals surface area contributed by atoms with Crippen molar-refractivity contribution in [3.05, 3.63) is 60.8 Å². The molecular formula is C37H66O. The van der Waals surface area contributed by atoms with E-state index in [1.54, 1.807) is 0 Å². The largest absolute Gasteiger partial charge is 0.393 e. The van der Waals surface area contributed by atoms with Gasteiger partial charge in [-0.15, -0.1) is 0 Å². The van der Waals surface area contributed by atoms with E-state index >= 15 is 0 Å². The van der Waals surface area contributed by atoms with Crippen LogP contribution in [0.3, 0.4) is 0 Å². The molecule has 1 N–H and O–H groups in total. The number of hydrogen-bond donors (Lipinski definition) is 1. The van der Waals surface area contributed by atoms with Gasteiger partial charge in [0.1, 0.15) is 0 Å². The van der Waals surface area contributed by atoms with Gasteiger partial charge in [-0.05, 0) is 77.0 Å². The highest BCUT2D eigenvalue weighted by molar-refractivity contribution is 4.97. The van der Waals surface area contributed by atoms with Crippen molar-refractivity contribution in [1.82, 2.24) is 0 Å². The monoisotopic (exact) mass is 527 g/mol. The minimum Gasteiger partial charge on any atom is -0.393 e. The Morgan fingerprint density at radius 2 is 0.737 bits per heavy atom. The van der Waals surface area contributed by atoms with E-state index < -0.39 is 0 Å². The summed E-state index contributed by atoms with van der Waals surface area (Å²) in [5, 5.41) is 10.3. The van der Waals surface area contributed by atoms with E-state index in [-0.39, 0.29) is 6.10 Å². The Bertz CT molecular complexity index is 580.